The molecule has 3 nitrogen and oxygen atoms in total. The van der Waals surface area contributed by atoms with Gasteiger partial charge in [-0.3, -0.25) is 0 Å². The minimum Gasteiger partial charge on any atom is -0.241 e. The fourth-order valence-electron chi connectivity index (χ4n) is 1.00. The molecule has 0 amide bonds. The lowest BCUT2D eigenvalue weighted by atomic mass is 10.6. The van der Waals surface area contributed by atoms with E-state index >= 15 is 0 Å². The summed E-state index contributed by atoms with van der Waals surface area (Å²) in [5, 5.41) is 0.556. The van der Waals surface area contributed by atoms with Crippen LogP contribution in [0.4, 0.5) is 5.82 Å². The van der Waals surface area contributed by atoms with E-state index in [4.69, 9.17) is 35.2 Å². The van der Waals surface area contributed by atoms with Crippen molar-refractivity contribution in [3.05, 3.63) is 29.7 Å². The first-order chi connectivity index (χ1) is 5.70. The standard InChI is InChI=1S/C6H4Cl3N3/c7-5-1-2-11-6(5)10(8)3-4-12(11)9/h1-4H. The third-order valence-electron chi connectivity index (χ3n) is 1.52. The number of nitrogens with zero attached hydrogens (tertiary/aromatic N) is 3. The van der Waals surface area contributed by atoms with Crippen LogP contribution in [-0.2, 0) is 0 Å². The molecule has 6 heteroatoms. The molecule has 0 saturated heterocycles. The zero-order valence-corrected chi connectivity index (χ0v) is 8.05. The van der Waals surface area contributed by atoms with Crippen molar-refractivity contribution in [3.63, 3.8) is 0 Å². The van der Waals surface area contributed by atoms with Crippen LogP contribution < -0.4 is 8.95 Å². The van der Waals surface area contributed by atoms with Crippen LogP contribution in [0.25, 0.3) is 0 Å². The molecule has 64 valence electrons. The average Bonchev–Trinajstić information content (AvgIpc) is 2.42. The lowest BCUT2D eigenvalue weighted by molar-refractivity contribution is 0.846. The Labute approximate surface area is 84.5 Å². The van der Waals surface area contributed by atoms with E-state index in [1.165, 1.54) is 8.95 Å². The number of fused-ring (bicyclic) bond motifs is 1. The summed E-state index contributed by atoms with van der Waals surface area (Å²) < 4.78 is 4.36. The van der Waals surface area contributed by atoms with E-state index in [2.05, 4.69) is 0 Å². The highest BCUT2D eigenvalue weighted by Gasteiger charge is 2.18. The largest absolute Gasteiger partial charge is 0.241 e. The monoisotopic (exact) mass is 223 g/mol. The molecule has 1 aliphatic heterocycles. The molecular weight excluding hydrogens is 220 g/mol. The fourth-order valence-corrected chi connectivity index (χ4v) is 1.67. The first-order valence-corrected chi connectivity index (χ1v) is 4.21. The highest BCUT2D eigenvalue weighted by atomic mass is 35.5. The van der Waals surface area contributed by atoms with Gasteiger partial charge >= 0.3 is 0 Å². The molecule has 2 heterocycles. The second kappa shape index (κ2) is 2.76. The van der Waals surface area contributed by atoms with Gasteiger partial charge in [-0.1, -0.05) is 11.6 Å². The average molecular weight is 224 g/mol. The van der Waals surface area contributed by atoms with Gasteiger partial charge in [-0.15, -0.1) is 0 Å². The van der Waals surface area contributed by atoms with Crippen molar-refractivity contribution < 1.29 is 0 Å². The molecule has 0 bridgehead atoms. The molecule has 0 fully saturated rings. The van der Waals surface area contributed by atoms with E-state index in [0.29, 0.717) is 10.8 Å². The minimum atomic E-state index is 0.556. The van der Waals surface area contributed by atoms with Gasteiger partial charge in [0.05, 0.1) is 11.2 Å². The van der Waals surface area contributed by atoms with Crippen molar-refractivity contribution in [2.24, 2.45) is 0 Å². The molecule has 1 aromatic rings. The van der Waals surface area contributed by atoms with Gasteiger partial charge in [-0.05, 0) is 6.07 Å². The summed E-state index contributed by atoms with van der Waals surface area (Å²) in [6, 6.07) is 1.72. The Kier molecular flexibility index (Phi) is 1.87. The number of halogens is 3. The van der Waals surface area contributed by atoms with E-state index in [1.54, 1.807) is 29.3 Å². The SMILES string of the molecule is Clc1ccn2c1N(Cl)C=CN2Cl. The van der Waals surface area contributed by atoms with E-state index in [1.807, 2.05) is 0 Å². The highest BCUT2D eigenvalue weighted by Crippen LogP contribution is 2.31. The summed E-state index contributed by atoms with van der Waals surface area (Å²) in [6.45, 7) is 0. The molecule has 0 unspecified atom stereocenters. The normalized spacial score (nSPS) is 15.2. The molecule has 2 rings (SSSR count). The van der Waals surface area contributed by atoms with Crippen molar-refractivity contribution in [1.82, 2.24) is 4.68 Å². The Hall–Kier alpha value is -0.510. The zero-order valence-electron chi connectivity index (χ0n) is 5.78. The molecule has 1 aromatic heterocycles. The summed E-state index contributed by atoms with van der Waals surface area (Å²) in [5.41, 5.74) is 0. The van der Waals surface area contributed by atoms with Crippen molar-refractivity contribution >= 4 is 41.0 Å². The van der Waals surface area contributed by atoms with Crippen LogP contribution in [0.2, 0.25) is 5.02 Å². The van der Waals surface area contributed by atoms with Gasteiger partial charge in [0.2, 0.25) is 0 Å². The van der Waals surface area contributed by atoms with Gasteiger partial charge in [0, 0.05) is 36.0 Å². The summed E-state index contributed by atoms with van der Waals surface area (Å²) in [6.07, 6.45) is 4.94. The molecule has 1 aliphatic rings. The van der Waals surface area contributed by atoms with Crippen LogP contribution in [0, 0.1) is 0 Å². The Bertz CT molecular complexity index is 333. The van der Waals surface area contributed by atoms with Gasteiger partial charge in [0.15, 0.2) is 5.82 Å². The second-order valence-corrected chi connectivity index (χ2v) is 3.35. The van der Waals surface area contributed by atoms with Gasteiger partial charge < -0.3 is 0 Å². The third kappa shape index (κ3) is 1.05. The number of aromatic nitrogens is 1. The Morgan fingerprint density at radius 1 is 1.17 bits per heavy atom. The molecule has 0 saturated carbocycles. The van der Waals surface area contributed by atoms with Gasteiger partial charge in [-0.2, -0.15) is 4.53 Å². The fraction of sp³-hybridized carbons (Fsp3) is 0. The lowest BCUT2D eigenvalue weighted by Crippen LogP contribution is -2.25. The summed E-state index contributed by atoms with van der Waals surface area (Å²) >= 11 is 17.5. The molecule has 0 spiro atoms. The van der Waals surface area contributed by atoms with Crippen LogP contribution in [0.3, 0.4) is 0 Å². The lowest BCUT2D eigenvalue weighted by Gasteiger charge is -2.24. The smallest absolute Gasteiger partial charge is 0.166 e. The van der Waals surface area contributed by atoms with Crippen molar-refractivity contribution in [1.29, 1.82) is 0 Å². The summed E-state index contributed by atoms with van der Waals surface area (Å²) in [4.78, 5) is 0. The summed E-state index contributed by atoms with van der Waals surface area (Å²) in [7, 11) is 0. The molecule has 12 heavy (non-hydrogen) atoms. The molecule has 0 aromatic carbocycles. The van der Waals surface area contributed by atoms with E-state index < -0.39 is 0 Å². The number of anilines is 1. The second-order valence-electron chi connectivity index (χ2n) is 2.23. The molecule has 0 aliphatic carbocycles. The molecule has 0 N–H and O–H groups in total. The van der Waals surface area contributed by atoms with Gasteiger partial charge in [-0.25, -0.2) is 9.10 Å². The van der Waals surface area contributed by atoms with E-state index in [9.17, 15) is 0 Å². The van der Waals surface area contributed by atoms with Crippen LogP contribution in [0.5, 0.6) is 0 Å². The van der Waals surface area contributed by atoms with Crippen molar-refractivity contribution in [2.75, 3.05) is 8.95 Å². The number of hydrogen-bond acceptors (Lipinski definition) is 2. The predicted octanol–water partition coefficient (Wildman–Crippen LogP) is 2.68. The van der Waals surface area contributed by atoms with Crippen LogP contribution in [0.1, 0.15) is 0 Å². The van der Waals surface area contributed by atoms with Gasteiger partial charge in [0.25, 0.3) is 0 Å². The zero-order chi connectivity index (χ0) is 8.72. The predicted molar refractivity (Wildman–Crippen MR) is 51.0 cm³/mol. The molecule has 0 radical (unpaired) electrons. The Morgan fingerprint density at radius 3 is 2.58 bits per heavy atom. The van der Waals surface area contributed by atoms with Crippen LogP contribution in [-0.4, -0.2) is 4.68 Å². The quantitative estimate of drug-likeness (QED) is 0.628. The number of rotatable bonds is 0. The highest BCUT2D eigenvalue weighted by molar-refractivity contribution is 6.36. The third-order valence-corrected chi connectivity index (χ3v) is 2.36. The Balaban J connectivity index is 2.56. The molecule has 0 atom stereocenters. The van der Waals surface area contributed by atoms with Crippen molar-refractivity contribution in [2.45, 2.75) is 0 Å². The summed E-state index contributed by atoms with van der Waals surface area (Å²) in [5.74, 6) is 0.635. The van der Waals surface area contributed by atoms with Crippen molar-refractivity contribution in [3.8, 4) is 0 Å². The minimum absolute atomic E-state index is 0.556. The topological polar surface area (TPSA) is 11.4 Å². The van der Waals surface area contributed by atoms with Crippen LogP contribution in [0.15, 0.2) is 24.7 Å². The first kappa shape index (κ1) is 8.10. The number of hydrogen-bond donors (Lipinski definition) is 0. The maximum absolute atomic E-state index is 5.85. The maximum atomic E-state index is 5.85. The van der Waals surface area contributed by atoms with Crippen LogP contribution >= 0.6 is 35.2 Å². The van der Waals surface area contributed by atoms with E-state index in [-0.39, 0.29) is 0 Å². The first-order valence-electron chi connectivity index (χ1n) is 3.15. The Morgan fingerprint density at radius 2 is 1.92 bits per heavy atom. The molecular formula is C6H4Cl3N3. The van der Waals surface area contributed by atoms with E-state index in [0.717, 1.165) is 0 Å². The van der Waals surface area contributed by atoms with Gasteiger partial charge in [0.1, 0.15) is 0 Å². The maximum Gasteiger partial charge on any atom is 0.166 e.